The number of amides is 2. The largest absolute Gasteiger partial charge is 0.483 e. The highest BCUT2D eigenvalue weighted by Gasteiger charge is 2.17. The van der Waals surface area contributed by atoms with E-state index in [-0.39, 0.29) is 31.5 Å². The van der Waals surface area contributed by atoms with Crippen molar-refractivity contribution >= 4 is 22.8 Å². The number of nitrogens with zero attached hydrogens (tertiary/aromatic N) is 3. The van der Waals surface area contributed by atoms with Gasteiger partial charge >= 0.3 is 0 Å². The molecule has 7 heteroatoms. The molecule has 0 fully saturated rings. The summed E-state index contributed by atoms with van der Waals surface area (Å²) >= 11 is 0. The Labute approximate surface area is 194 Å². The number of hydrogen-bond donors (Lipinski definition) is 1. The Kier molecular flexibility index (Phi) is 8.02. The fourth-order valence-electron chi connectivity index (χ4n) is 3.50. The van der Waals surface area contributed by atoms with E-state index in [1.54, 1.807) is 17.1 Å². The van der Waals surface area contributed by atoms with Crippen LogP contribution in [0.4, 0.5) is 0 Å². The molecular formula is C26H30N4O3. The van der Waals surface area contributed by atoms with Gasteiger partial charge in [0, 0.05) is 13.1 Å². The van der Waals surface area contributed by atoms with Crippen molar-refractivity contribution < 1.29 is 14.3 Å². The number of ether oxygens (including phenoxy) is 1. The standard InChI is InChI=1S/C26H30N4O3/c1-5-13-29(14-6-2)26(32)17-30-22-10-8-7-9-21(22)28-24(30)16-27-25(31)18-33-23-15-19(3)11-12-20(23)4/h5-12,15H,1-2,13-14,16-18H2,3-4H3,(H,27,31). The van der Waals surface area contributed by atoms with Crippen LogP contribution in [0.15, 0.2) is 67.8 Å². The van der Waals surface area contributed by atoms with Gasteiger partial charge in [0.15, 0.2) is 6.61 Å². The van der Waals surface area contributed by atoms with Crippen molar-refractivity contribution in [2.45, 2.75) is 26.9 Å². The van der Waals surface area contributed by atoms with Gasteiger partial charge in [0.25, 0.3) is 5.91 Å². The normalized spacial score (nSPS) is 10.6. The van der Waals surface area contributed by atoms with Gasteiger partial charge in [-0.05, 0) is 43.2 Å². The van der Waals surface area contributed by atoms with Gasteiger partial charge in [-0.2, -0.15) is 0 Å². The Bertz CT molecular complexity index is 1160. The predicted molar refractivity (Wildman–Crippen MR) is 130 cm³/mol. The summed E-state index contributed by atoms with van der Waals surface area (Å²) in [4.78, 5) is 31.7. The second kappa shape index (κ2) is 11.1. The van der Waals surface area contributed by atoms with Gasteiger partial charge in [-0.3, -0.25) is 9.59 Å². The molecule has 0 aliphatic carbocycles. The summed E-state index contributed by atoms with van der Waals surface area (Å²) in [6, 6.07) is 13.5. The lowest BCUT2D eigenvalue weighted by atomic mass is 10.1. The molecule has 0 saturated heterocycles. The fraction of sp³-hybridized carbons (Fsp3) is 0.269. The zero-order valence-corrected chi connectivity index (χ0v) is 19.2. The lowest BCUT2D eigenvalue weighted by Gasteiger charge is -2.20. The topological polar surface area (TPSA) is 76.5 Å². The lowest BCUT2D eigenvalue weighted by Crippen LogP contribution is -2.35. The maximum atomic E-state index is 12.9. The molecule has 0 atom stereocenters. The number of carbonyl (C=O) groups is 2. The summed E-state index contributed by atoms with van der Waals surface area (Å²) < 4.78 is 7.52. The second-order valence-electron chi connectivity index (χ2n) is 7.81. The Hall–Kier alpha value is -3.87. The van der Waals surface area contributed by atoms with Crippen molar-refractivity contribution in [3.05, 3.63) is 84.7 Å². The Morgan fingerprint density at radius 1 is 1.12 bits per heavy atom. The minimum atomic E-state index is -0.263. The first-order valence-corrected chi connectivity index (χ1v) is 10.8. The van der Waals surface area contributed by atoms with E-state index in [4.69, 9.17) is 4.74 Å². The monoisotopic (exact) mass is 446 g/mol. The average Bonchev–Trinajstić information content (AvgIpc) is 3.15. The quantitative estimate of drug-likeness (QED) is 0.457. The number of fused-ring (bicyclic) bond motifs is 1. The molecule has 1 N–H and O–H groups in total. The first-order chi connectivity index (χ1) is 15.9. The minimum absolute atomic E-state index is 0.0798. The number of imidazole rings is 1. The first-order valence-electron chi connectivity index (χ1n) is 10.8. The van der Waals surface area contributed by atoms with Crippen LogP contribution >= 0.6 is 0 Å². The van der Waals surface area contributed by atoms with Crippen LogP contribution in [-0.4, -0.2) is 46.0 Å². The van der Waals surface area contributed by atoms with Crippen LogP contribution in [-0.2, 0) is 22.7 Å². The van der Waals surface area contributed by atoms with Crippen molar-refractivity contribution in [2.24, 2.45) is 0 Å². The third-order valence-electron chi connectivity index (χ3n) is 5.22. The van der Waals surface area contributed by atoms with Crippen LogP contribution in [0.1, 0.15) is 17.0 Å². The zero-order valence-electron chi connectivity index (χ0n) is 19.2. The lowest BCUT2D eigenvalue weighted by molar-refractivity contribution is -0.130. The summed E-state index contributed by atoms with van der Waals surface area (Å²) in [5.41, 5.74) is 3.63. The number of rotatable bonds is 11. The molecule has 0 bridgehead atoms. The van der Waals surface area contributed by atoms with E-state index in [9.17, 15) is 9.59 Å². The van der Waals surface area contributed by atoms with Gasteiger partial charge in [0.1, 0.15) is 18.1 Å². The van der Waals surface area contributed by atoms with E-state index in [1.807, 2.05) is 60.9 Å². The maximum absolute atomic E-state index is 12.9. The highest BCUT2D eigenvalue weighted by molar-refractivity contribution is 5.82. The Balaban J connectivity index is 1.71. The molecule has 0 spiro atoms. The van der Waals surface area contributed by atoms with E-state index in [0.29, 0.717) is 24.7 Å². The van der Waals surface area contributed by atoms with Gasteiger partial charge in [-0.15, -0.1) is 13.2 Å². The maximum Gasteiger partial charge on any atom is 0.258 e. The molecule has 1 heterocycles. The van der Waals surface area contributed by atoms with E-state index in [0.717, 1.165) is 22.2 Å². The third kappa shape index (κ3) is 6.10. The van der Waals surface area contributed by atoms with Crippen LogP contribution < -0.4 is 10.1 Å². The van der Waals surface area contributed by atoms with Crippen LogP contribution in [0.25, 0.3) is 11.0 Å². The van der Waals surface area contributed by atoms with Crippen LogP contribution in [0.3, 0.4) is 0 Å². The molecule has 33 heavy (non-hydrogen) atoms. The van der Waals surface area contributed by atoms with Crippen LogP contribution in [0.5, 0.6) is 5.75 Å². The average molecular weight is 447 g/mol. The van der Waals surface area contributed by atoms with Crippen molar-refractivity contribution in [2.75, 3.05) is 19.7 Å². The van der Waals surface area contributed by atoms with Gasteiger partial charge in [0.05, 0.1) is 17.6 Å². The Morgan fingerprint density at radius 3 is 2.58 bits per heavy atom. The molecule has 2 amide bonds. The molecule has 0 unspecified atom stereocenters. The molecule has 3 rings (SSSR count). The molecule has 2 aromatic carbocycles. The van der Waals surface area contributed by atoms with Crippen molar-refractivity contribution in [1.29, 1.82) is 0 Å². The molecular weight excluding hydrogens is 416 g/mol. The molecule has 0 aliphatic heterocycles. The van der Waals surface area contributed by atoms with Crippen molar-refractivity contribution in [3.63, 3.8) is 0 Å². The second-order valence-corrected chi connectivity index (χ2v) is 7.81. The third-order valence-corrected chi connectivity index (χ3v) is 5.22. The summed E-state index contributed by atoms with van der Waals surface area (Å²) in [7, 11) is 0. The smallest absolute Gasteiger partial charge is 0.258 e. The van der Waals surface area contributed by atoms with Gasteiger partial charge in [-0.25, -0.2) is 4.98 Å². The van der Waals surface area contributed by atoms with E-state index in [1.165, 1.54) is 0 Å². The molecule has 1 aromatic heterocycles. The number of carbonyl (C=O) groups excluding carboxylic acids is 2. The Morgan fingerprint density at radius 2 is 1.85 bits per heavy atom. The number of para-hydroxylation sites is 2. The summed E-state index contributed by atoms with van der Waals surface area (Å²) in [6.45, 7) is 12.4. The number of nitrogens with one attached hydrogen (secondary N) is 1. The number of aromatic nitrogens is 2. The number of aryl methyl sites for hydroxylation is 2. The fourth-order valence-corrected chi connectivity index (χ4v) is 3.50. The van der Waals surface area contributed by atoms with Gasteiger partial charge in [-0.1, -0.05) is 36.4 Å². The molecule has 7 nitrogen and oxygen atoms in total. The minimum Gasteiger partial charge on any atom is -0.483 e. The molecule has 0 aliphatic rings. The molecule has 172 valence electrons. The number of hydrogen-bond acceptors (Lipinski definition) is 4. The molecule has 0 radical (unpaired) electrons. The number of benzene rings is 2. The molecule has 3 aromatic rings. The molecule has 0 saturated carbocycles. The first kappa shape index (κ1) is 23.8. The SMILES string of the molecule is C=CCN(CC=C)C(=O)Cn1c(CNC(=O)COc2cc(C)ccc2C)nc2ccccc21. The zero-order chi connectivity index (χ0) is 23.8. The van der Waals surface area contributed by atoms with E-state index < -0.39 is 0 Å². The summed E-state index contributed by atoms with van der Waals surface area (Å²) in [5, 5.41) is 2.85. The predicted octanol–water partition coefficient (Wildman–Crippen LogP) is 3.55. The highest BCUT2D eigenvalue weighted by Crippen LogP contribution is 2.19. The summed E-state index contributed by atoms with van der Waals surface area (Å²) in [6.07, 6.45) is 3.37. The summed E-state index contributed by atoms with van der Waals surface area (Å²) in [5.74, 6) is 0.943. The van der Waals surface area contributed by atoms with Crippen molar-refractivity contribution in [3.8, 4) is 5.75 Å². The van der Waals surface area contributed by atoms with E-state index in [2.05, 4.69) is 23.5 Å². The van der Waals surface area contributed by atoms with E-state index >= 15 is 0 Å². The van der Waals surface area contributed by atoms with Gasteiger partial charge < -0.3 is 19.5 Å². The van der Waals surface area contributed by atoms with Crippen LogP contribution in [0.2, 0.25) is 0 Å². The van der Waals surface area contributed by atoms with Crippen molar-refractivity contribution in [1.82, 2.24) is 19.8 Å². The van der Waals surface area contributed by atoms with Crippen LogP contribution in [0, 0.1) is 13.8 Å². The highest BCUT2D eigenvalue weighted by atomic mass is 16.5. The van der Waals surface area contributed by atoms with Gasteiger partial charge in [0.2, 0.25) is 5.91 Å².